The number of methoxy groups -OCH3 is 1. The summed E-state index contributed by atoms with van der Waals surface area (Å²) in [6.45, 7) is 0. The smallest absolute Gasteiger partial charge is 0.464 e. The lowest BCUT2D eigenvalue weighted by molar-refractivity contribution is -0.276. The number of esters is 1. The van der Waals surface area contributed by atoms with Gasteiger partial charge in [-0.1, -0.05) is 15.9 Å². The molecule has 0 aliphatic rings. The van der Waals surface area contributed by atoms with Crippen molar-refractivity contribution in [3.8, 4) is 5.88 Å². The van der Waals surface area contributed by atoms with Gasteiger partial charge in [-0.05, 0) is 6.07 Å². The monoisotopic (exact) mass is 363 g/mol. The Morgan fingerprint density at radius 2 is 2.05 bits per heavy atom. The number of nitrogens with zero attached hydrogens (tertiary/aromatic N) is 1. The number of hydrogen-bond donors (Lipinski definition) is 0. The summed E-state index contributed by atoms with van der Waals surface area (Å²) in [5, 5.41) is -0.216. The van der Waals surface area contributed by atoms with Gasteiger partial charge in [0.25, 0.3) is 6.43 Å². The third kappa shape index (κ3) is 4.02. The van der Waals surface area contributed by atoms with Crippen LogP contribution in [0.4, 0.5) is 22.0 Å². The van der Waals surface area contributed by atoms with Gasteiger partial charge in [0.05, 0.1) is 12.7 Å². The highest BCUT2D eigenvalue weighted by molar-refractivity contribution is 9.08. The molecule has 20 heavy (non-hydrogen) atoms. The van der Waals surface area contributed by atoms with Crippen LogP contribution in [0, 0.1) is 0 Å². The Labute approximate surface area is 118 Å². The van der Waals surface area contributed by atoms with Crippen LogP contribution >= 0.6 is 15.9 Å². The number of aromatic nitrogens is 1. The molecule has 0 N–H and O–H groups in total. The number of hydrogen-bond acceptors (Lipinski definition) is 4. The molecule has 1 aromatic rings. The molecule has 0 spiro atoms. The number of pyridine rings is 1. The third-order valence-electron chi connectivity index (χ3n) is 2.06. The second-order valence-corrected chi connectivity index (χ2v) is 3.92. The SMILES string of the molecule is COC(=O)c1nc(OC(F)(F)F)c(CBr)cc1C(F)F. The largest absolute Gasteiger partial charge is 0.574 e. The lowest BCUT2D eigenvalue weighted by Crippen LogP contribution is -2.20. The molecule has 10 heteroatoms. The molecule has 112 valence electrons. The molecular weight excluding hydrogens is 357 g/mol. The van der Waals surface area contributed by atoms with Gasteiger partial charge in [-0.25, -0.2) is 18.6 Å². The van der Waals surface area contributed by atoms with Crippen LogP contribution in [0.15, 0.2) is 6.07 Å². The first-order valence-corrected chi connectivity index (χ1v) is 6.03. The molecule has 1 rings (SSSR count). The first kappa shape index (κ1) is 16.6. The van der Waals surface area contributed by atoms with Crippen molar-refractivity contribution in [1.82, 2.24) is 4.98 Å². The second-order valence-electron chi connectivity index (χ2n) is 3.36. The fourth-order valence-corrected chi connectivity index (χ4v) is 1.68. The predicted molar refractivity (Wildman–Crippen MR) is 59.8 cm³/mol. The number of rotatable bonds is 4. The van der Waals surface area contributed by atoms with Crippen molar-refractivity contribution < 1.29 is 36.2 Å². The minimum atomic E-state index is -5.07. The minimum absolute atomic E-state index is 0.216. The van der Waals surface area contributed by atoms with E-state index < -0.39 is 35.9 Å². The van der Waals surface area contributed by atoms with Gasteiger partial charge in [-0.2, -0.15) is 0 Å². The molecule has 0 aliphatic carbocycles. The third-order valence-corrected chi connectivity index (χ3v) is 2.67. The van der Waals surface area contributed by atoms with E-state index in [-0.39, 0.29) is 10.9 Å². The first-order chi connectivity index (χ1) is 9.19. The van der Waals surface area contributed by atoms with Crippen LogP contribution in [0.25, 0.3) is 0 Å². The molecule has 1 heterocycles. The average molecular weight is 364 g/mol. The lowest BCUT2D eigenvalue weighted by Gasteiger charge is -2.14. The van der Waals surface area contributed by atoms with Crippen molar-refractivity contribution in [3.05, 3.63) is 22.9 Å². The zero-order chi connectivity index (χ0) is 15.5. The molecule has 0 aliphatic heterocycles. The van der Waals surface area contributed by atoms with Crippen molar-refractivity contribution in [3.63, 3.8) is 0 Å². The normalized spacial score (nSPS) is 11.6. The van der Waals surface area contributed by atoms with Gasteiger partial charge in [0, 0.05) is 10.9 Å². The van der Waals surface area contributed by atoms with Crippen LogP contribution in [-0.2, 0) is 10.1 Å². The number of carbonyl (C=O) groups is 1. The number of alkyl halides is 6. The molecule has 0 aromatic carbocycles. The molecule has 0 amide bonds. The summed E-state index contributed by atoms with van der Waals surface area (Å²) in [6, 6.07) is 0.708. The van der Waals surface area contributed by atoms with Crippen molar-refractivity contribution in [2.24, 2.45) is 0 Å². The van der Waals surface area contributed by atoms with Crippen molar-refractivity contribution >= 4 is 21.9 Å². The van der Waals surface area contributed by atoms with E-state index in [1.165, 1.54) is 0 Å². The van der Waals surface area contributed by atoms with E-state index in [0.29, 0.717) is 6.07 Å². The van der Waals surface area contributed by atoms with E-state index in [2.05, 4.69) is 30.4 Å². The summed E-state index contributed by atoms with van der Waals surface area (Å²) >= 11 is 2.83. The average Bonchev–Trinajstić information content (AvgIpc) is 2.35. The maximum Gasteiger partial charge on any atom is 0.574 e. The van der Waals surface area contributed by atoms with Crippen molar-refractivity contribution in [2.45, 2.75) is 18.1 Å². The molecule has 0 atom stereocenters. The van der Waals surface area contributed by atoms with E-state index in [4.69, 9.17) is 0 Å². The quantitative estimate of drug-likeness (QED) is 0.466. The Balaban J connectivity index is 3.41. The van der Waals surface area contributed by atoms with E-state index in [1.807, 2.05) is 0 Å². The highest BCUT2D eigenvalue weighted by atomic mass is 79.9. The Bertz CT molecular complexity index is 506. The first-order valence-electron chi connectivity index (χ1n) is 4.91. The van der Waals surface area contributed by atoms with Gasteiger partial charge in [0.15, 0.2) is 5.69 Å². The van der Waals surface area contributed by atoms with Gasteiger partial charge in [0.1, 0.15) is 0 Å². The van der Waals surface area contributed by atoms with Crippen molar-refractivity contribution in [2.75, 3.05) is 7.11 Å². The highest BCUT2D eigenvalue weighted by Gasteiger charge is 2.34. The van der Waals surface area contributed by atoms with Crippen LogP contribution in [-0.4, -0.2) is 24.4 Å². The Morgan fingerprint density at radius 1 is 1.45 bits per heavy atom. The number of halogens is 6. The molecule has 0 fully saturated rings. The fourth-order valence-electron chi connectivity index (χ4n) is 1.28. The molecule has 0 saturated heterocycles. The molecule has 4 nitrogen and oxygen atoms in total. The van der Waals surface area contributed by atoms with Crippen LogP contribution in [0.3, 0.4) is 0 Å². The van der Waals surface area contributed by atoms with Gasteiger partial charge in [0.2, 0.25) is 5.88 Å². The van der Waals surface area contributed by atoms with Gasteiger partial charge < -0.3 is 9.47 Å². The zero-order valence-corrected chi connectivity index (χ0v) is 11.4. The van der Waals surface area contributed by atoms with Crippen LogP contribution in [0.2, 0.25) is 0 Å². The van der Waals surface area contributed by atoms with E-state index in [9.17, 15) is 26.7 Å². The maximum absolute atomic E-state index is 12.8. The van der Waals surface area contributed by atoms with Crippen LogP contribution < -0.4 is 4.74 Å². The Morgan fingerprint density at radius 3 is 2.45 bits per heavy atom. The van der Waals surface area contributed by atoms with E-state index in [1.54, 1.807) is 0 Å². The molecule has 0 bridgehead atoms. The summed E-state index contributed by atoms with van der Waals surface area (Å²) in [5.41, 5.74) is -2.03. The highest BCUT2D eigenvalue weighted by Crippen LogP contribution is 2.32. The summed E-state index contributed by atoms with van der Waals surface area (Å²) in [7, 11) is 0.891. The molecule has 0 unspecified atom stereocenters. The fraction of sp³-hybridized carbons (Fsp3) is 0.400. The Hall–Kier alpha value is -1.45. The van der Waals surface area contributed by atoms with Gasteiger partial charge in [-0.15, -0.1) is 13.2 Å². The number of carbonyl (C=O) groups excluding carboxylic acids is 1. The van der Waals surface area contributed by atoms with Gasteiger partial charge >= 0.3 is 12.3 Å². The van der Waals surface area contributed by atoms with Crippen molar-refractivity contribution in [1.29, 1.82) is 0 Å². The molecule has 0 saturated carbocycles. The van der Waals surface area contributed by atoms with Gasteiger partial charge in [-0.3, -0.25) is 0 Å². The van der Waals surface area contributed by atoms with Crippen LogP contribution in [0.5, 0.6) is 5.88 Å². The molecule has 1 aromatic heterocycles. The summed E-state index contributed by atoms with van der Waals surface area (Å²) in [6.07, 6.45) is -8.17. The molecule has 0 radical (unpaired) electrons. The number of ether oxygens (including phenoxy) is 2. The minimum Gasteiger partial charge on any atom is -0.464 e. The lowest BCUT2D eigenvalue weighted by atomic mass is 10.1. The maximum atomic E-state index is 12.8. The summed E-state index contributed by atoms with van der Waals surface area (Å²) in [5.74, 6) is -2.27. The van der Waals surface area contributed by atoms with E-state index in [0.717, 1.165) is 7.11 Å². The Kier molecular flexibility index (Phi) is 5.26. The summed E-state index contributed by atoms with van der Waals surface area (Å²) < 4.78 is 69.9. The zero-order valence-electron chi connectivity index (χ0n) is 9.80. The van der Waals surface area contributed by atoms with Crippen LogP contribution in [0.1, 0.15) is 28.0 Å². The standard InChI is InChI=1S/C10H7BrF5NO3/c1-19-9(18)6-5(7(12)13)2-4(3-11)8(17-6)20-10(14,15)16/h2,7H,3H2,1H3. The predicted octanol–water partition coefficient (Wildman–Crippen LogP) is 3.60. The van der Waals surface area contributed by atoms with E-state index >= 15 is 0 Å². The molecular formula is C10H7BrF5NO3. The summed E-state index contributed by atoms with van der Waals surface area (Å²) in [4.78, 5) is 14.5. The topological polar surface area (TPSA) is 48.4 Å². The second kappa shape index (κ2) is 6.33.